The molecular weight excluding hydrogens is 458 g/mol. The molecule has 36 heavy (non-hydrogen) atoms. The summed E-state index contributed by atoms with van der Waals surface area (Å²) in [6, 6.07) is 13.1. The Hall–Kier alpha value is -2.97. The average Bonchev–Trinajstić information content (AvgIpc) is 2.86. The van der Waals surface area contributed by atoms with Crippen molar-refractivity contribution < 1.29 is 23.7 Å². The number of anilines is 1. The number of hydrogen-bond acceptors (Lipinski definition) is 6. The lowest BCUT2D eigenvalue weighted by Gasteiger charge is -2.43. The van der Waals surface area contributed by atoms with E-state index in [1.165, 1.54) is 0 Å². The van der Waals surface area contributed by atoms with E-state index in [1.54, 1.807) is 0 Å². The first-order valence-electron chi connectivity index (χ1n) is 12.9. The standard InChI is InChI=1S/C28H39N3O5/c1-5-34-22-9-7-21(8-10-22)29-27(32)31(14-13-30-15-17-33-18-16-30)25-20-28(3,4)36-26-12-11-23(35-6-2)19-24(25)26/h7-12,19,25H,5-6,13-18,20H2,1-4H3,(H,29,32). The minimum atomic E-state index is -0.415. The molecule has 2 aliphatic heterocycles. The first kappa shape index (κ1) is 26.1. The highest BCUT2D eigenvalue weighted by Gasteiger charge is 2.39. The summed E-state index contributed by atoms with van der Waals surface area (Å²) in [4.78, 5) is 18.1. The number of rotatable bonds is 9. The van der Waals surface area contributed by atoms with Crippen molar-refractivity contribution in [2.24, 2.45) is 0 Å². The number of ether oxygens (including phenoxy) is 4. The van der Waals surface area contributed by atoms with Gasteiger partial charge in [-0.3, -0.25) is 4.90 Å². The van der Waals surface area contributed by atoms with E-state index >= 15 is 0 Å². The number of carbonyl (C=O) groups excluding carboxylic acids is 1. The van der Waals surface area contributed by atoms with E-state index in [0.717, 1.165) is 61.3 Å². The van der Waals surface area contributed by atoms with Gasteiger partial charge in [0.05, 0.1) is 32.5 Å². The summed E-state index contributed by atoms with van der Waals surface area (Å²) in [5.41, 5.74) is 1.29. The number of amides is 2. The molecule has 0 saturated carbocycles. The van der Waals surface area contributed by atoms with Crippen molar-refractivity contribution in [2.45, 2.75) is 45.8 Å². The Morgan fingerprint density at radius 3 is 2.42 bits per heavy atom. The fourth-order valence-electron chi connectivity index (χ4n) is 4.80. The molecule has 8 heteroatoms. The van der Waals surface area contributed by atoms with Crippen LogP contribution in [0.4, 0.5) is 10.5 Å². The van der Waals surface area contributed by atoms with Crippen LogP contribution < -0.4 is 19.5 Å². The maximum atomic E-state index is 13.8. The second-order valence-electron chi connectivity index (χ2n) is 9.75. The molecule has 2 aromatic carbocycles. The zero-order valence-corrected chi connectivity index (χ0v) is 21.9. The largest absolute Gasteiger partial charge is 0.494 e. The number of nitrogens with zero attached hydrogens (tertiary/aromatic N) is 2. The van der Waals surface area contributed by atoms with Crippen LogP contribution in [-0.2, 0) is 4.74 Å². The van der Waals surface area contributed by atoms with Crippen molar-refractivity contribution in [2.75, 3.05) is 57.9 Å². The quantitative estimate of drug-likeness (QED) is 0.528. The highest BCUT2D eigenvalue weighted by Crippen LogP contribution is 2.44. The second kappa shape index (κ2) is 11.8. The van der Waals surface area contributed by atoms with Crippen LogP contribution in [0.2, 0.25) is 0 Å². The summed E-state index contributed by atoms with van der Waals surface area (Å²) in [6.45, 7) is 13.8. The summed E-state index contributed by atoms with van der Waals surface area (Å²) in [6.07, 6.45) is 0.676. The summed E-state index contributed by atoms with van der Waals surface area (Å²) < 4.78 is 23.1. The van der Waals surface area contributed by atoms with Crippen molar-refractivity contribution in [3.05, 3.63) is 48.0 Å². The van der Waals surface area contributed by atoms with Crippen LogP contribution in [-0.4, -0.2) is 74.0 Å². The Labute approximate surface area is 214 Å². The highest BCUT2D eigenvalue weighted by atomic mass is 16.5. The lowest BCUT2D eigenvalue weighted by atomic mass is 9.88. The van der Waals surface area contributed by atoms with Gasteiger partial charge in [0.25, 0.3) is 0 Å². The van der Waals surface area contributed by atoms with Gasteiger partial charge in [0.1, 0.15) is 22.8 Å². The third kappa shape index (κ3) is 6.62. The van der Waals surface area contributed by atoms with Gasteiger partial charge in [-0.05, 0) is 70.2 Å². The summed E-state index contributed by atoms with van der Waals surface area (Å²) in [5, 5.41) is 3.11. The molecule has 2 aliphatic rings. The SMILES string of the molecule is CCOc1ccc(NC(=O)N(CCN2CCOCC2)C2CC(C)(C)Oc3ccc(OCC)cc32)cc1. The minimum absolute atomic E-state index is 0.136. The second-order valence-corrected chi connectivity index (χ2v) is 9.75. The van der Waals surface area contributed by atoms with Crippen molar-refractivity contribution in [1.29, 1.82) is 0 Å². The van der Waals surface area contributed by atoms with Crippen LogP contribution in [0.1, 0.15) is 45.7 Å². The first-order chi connectivity index (χ1) is 17.4. The molecule has 2 amide bonds. The number of benzene rings is 2. The topological polar surface area (TPSA) is 72.5 Å². The first-order valence-corrected chi connectivity index (χ1v) is 12.9. The molecule has 2 aromatic rings. The number of hydrogen-bond donors (Lipinski definition) is 1. The van der Waals surface area contributed by atoms with Crippen LogP contribution >= 0.6 is 0 Å². The molecule has 196 valence electrons. The number of nitrogens with one attached hydrogen (secondary N) is 1. The summed E-state index contributed by atoms with van der Waals surface area (Å²) in [5.74, 6) is 2.36. The fraction of sp³-hybridized carbons (Fsp3) is 0.536. The van der Waals surface area contributed by atoms with E-state index in [0.29, 0.717) is 26.2 Å². The molecule has 0 aromatic heterocycles. The zero-order valence-electron chi connectivity index (χ0n) is 21.9. The third-order valence-corrected chi connectivity index (χ3v) is 6.54. The minimum Gasteiger partial charge on any atom is -0.494 e. The monoisotopic (exact) mass is 497 g/mol. The molecule has 0 spiro atoms. The van der Waals surface area contributed by atoms with Crippen LogP contribution in [0.15, 0.2) is 42.5 Å². The van der Waals surface area contributed by atoms with Gasteiger partial charge < -0.3 is 29.2 Å². The van der Waals surface area contributed by atoms with E-state index in [9.17, 15) is 4.79 Å². The van der Waals surface area contributed by atoms with Gasteiger partial charge in [0.2, 0.25) is 0 Å². The zero-order chi connectivity index (χ0) is 25.5. The number of carbonyl (C=O) groups is 1. The van der Waals surface area contributed by atoms with Gasteiger partial charge >= 0.3 is 6.03 Å². The Balaban J connectivity index is 1.61. The summed E-state index contributed by atoms with van der Waals surface area (Å²) in [7, 11) is 0. The molecule has 0 bridgehead atoms. The average molecular weight is 498 g/mol. The van der Waals surface area contributed by atoms with Crippen LogP contribution in [0.25, 0.3) is 0 Å². The van der Waals surface area contributed by atoms with Crippen molar-refractivity contribution in [1.82, 2.24) is 9.80 Å². The van der Waals surface area contributed by atoms with Crippen molar-refractivity contribution in [3.63, 3.8) is 0 Å². The molecule has 1 atom stereocenters. The highest BCUT2D eigenvalue weighted by molar-refractivity contribution is 5.89. The Morgan fingerprint density at radius 1 is 1.06 bits per heavy atom. The molecular formula is C28H39N3O5. The smallest absolute Gasteiger partial charge is 0.322 e. The van der Waals surface area contributed by atoms with Gasteiger partial charge in [0.15, 0.2) is 0 Å². The van der Waals surface area contributed by atoms with Crippen LogP contribution in [0.3, 0.4) is 0 Å². The van der Waals surface area contributed by atoms with E-state index < -0.39 is 5.60 Å². The molecule has 8 nitrogen and oxygen atoms in total. The Morgan fingerprint density at radius 2 is 1.72 bits per heavy atom. The molecule has 1 fully saturated rings. The van der Waals surface area contributed by atoms with Crippen molar-refractivity contribution >= 4 is 11.7 Å². The Bertz CT molecular complexity index is 1000. The fourth-order valence-corrected chi connectivity index (χ4v) is 4.80. The van der Waals surface area contributed by atoms with Crippen molar-refractivity contribution in [3.8, 4) is 17.2 Å². The van der Waals surface area contributed by atoms with E-state index in [4.69, 9.17) is 18.9 Å². The normalized spacial score (nSPS) is 19.1. The molecule has 2 heterocycles. The molecule has 4 rings (SSSR count). The molecule has 1 unspecified atom stereocenters. The Kier molecular flexibility index (Phi) is 8.59. The van der Waals surface area contributed by atoms with E-state index in [-0.39, 0.29) is 12.1 Å². The van der Waals surface area contributed by atoms with Gasteiger partial charge in [-0.15, -0.1) is 0 Å². The van der Waals surface area contributed by atoms with Gasteiger partial charge in [-0.2, -0.15) is 0 Å². The van der Waals surface area contributed by atoms with E-state index in [2.05, 4.69) is 24.1 Å². The lowest BCUT2D eigenvalue weighted by molar-refractivity contribution is 0.0226. The lowest BCUT2D eigenvalue weighted by Crippen LogP contribution is -2.48. The van der Waals surface area contributed by atoms with Crippen LogP contribution in [0.5, 0.6) is 17.2 Å². The van der Waals surface area contributed by atoms with Gasteiger partial charge in [0, 0.05) is 43.9 Å². The van der Waals surface area contributed by atoms with Crippen LogP contribution in [0, 0.1) is 0 Å². The maximum absolute atomic E-state index is 13.8. The number of morpholine rings is 1. The molecule has 0 radical (unpaired) electrons. The molecule has 0 aliphatic carbocycles. The molecule has 1 N–H and O–H groups in total. The number of urea groups is 1. The van der Waals surface area contributed by atoms with Gasteiger partial charge in [-0.1, -0.05) is 0 Å². The van der Waals surface area contributed by atoms with E-state index in [1.807, 2.05) is 61.2 Å². The number of fused-ring (bicyclic) bond motifs is 1. The molecule has 1 saturated heterocycles. The predicted molar refractivity (Wildman–Crippen MR) is 140 cm³/mol. The summed E-state index contributed by atoms with van der Waals surface area (Å²) >= 11 is 0. The maximum Gasteiger partial charge on any atom is 0.322 e. The predicted octanol–water partition coefficient (Wildman–Crippen LogP) is 4.95. The van der Waals surface area contributed by atoms with Gasteiger partial charge in [-0.25, -0.2) is 4.79 Å². The third-order valence-electron chi connectivity index (χ3n) is 6.54.